The summed E-state index contributed by atoms with van der Waals surface area (Å²) in [7, 11) is 6.73. The number of benzene rings is 1. The second kappa shape index (κ2) is 25.3. The van der Waals surface area contributed by atoms with Gasteiger partial charge < -0.3 is 69.1 Å². The average molecular weight is 1040 g/mol. The molecule has 2 aromatic rings. The van der Waals surface area contributed by atoms with Crippen LogP contribution in [-0.2, 0) is 44.4 Å². The van der Waals surface area contributed by atoms with Crippen LogP contribution in [0.3, 0.4) is 0 Å². The lowest BCUT2D eigenvalue weighted by molar-refractivity contribution is -0.302. The molecule has 5 rings (SSSR count). The molecule has 416 valence electrons. The fourth-order valence-electron chi connectivity index (χ4n) is 12.0. The molecule has 6 N–H and O–H groups in total. The fraction of sp³-hybridized carbons (Fsp3) is 0.811. The third kappa shape index (κ3) is 14.0. The van der Waals surface area contributed by atoms with Gasteiger partial charge in [0.05, 0.1) is 47.2 Å². The van der Waals surface area contributed by atoms with Gasteiger partial charge in [-0.25, -0.2) is 9.07 Å². The Kier molecular flexibility index (Phi) is 21.0. The zero-order valence-corrected chi connectivity index (χ0v) is 46.0. The van der Waals surface area contributed by atoms with E-state index < -0.39 is 127 Å². The first-order valence-corrected chi connectivity index (χ1v) is 26.1. The second-order valence-electron chi connectivity index (χ2n) is 22.4. The summed E-state index contributed by atoms with van der Waals surface area (Å²) in [5.74, 6) is -3.49. The van der Waals surface area contributed by atoms with Gasteiger partial charge in [0.1, 0.15) is 48.8 Å². The summed E-state index contributed by atoms with van der Waals surface area (Å²) in [6.45, 7) is 19.2. The molecule has 0 aliphatic carbocycles. The maximum atomic E-state index is 14.8. The molecule has 1 aromatic carbocycles. The zero-order valence-electron chi connectivity index (χ0n) is 46.0. The number of aliphatic hydroxyl groups is 5. The quantitative estimate of drug-likeness (QED) is 0.137. The number of carbonyl (C=O) groups excluding carboxylic acids is 2. The van der Waals surface area contributed by atoms with Crippen molar-refractivity contribution in [3.8, 4) is 0 Å². The summed E-state index contributed by atoms with van der Waals surface area (Å²) in [4.78, 5) is 30.1. The minimum Gasteiger partial charge on any atom is -0.459 e. The lowest BCUT2D eigenvalue weighted by Crippen LogP contribution is -2.62. The summed E-state index contributed by atoms with van der Waals surface area (Å²) in [5, 5.41) is 71.5. The number of aromatic nitrogens is 3. The van der Waals surface area contributed by atoms with E-state index >= 15 is 0 Å². The summed E-state index contributed by atoms with van der Waals surface area (Å²) < 4.78 is 54.2. The predicted molar refractivity (Wildman–Crippen MR) is 271 cm³/mol. The van der Waals surface area contributed by atoms with Crippen molar-refractivity contribution in [2.75, 3.05) is 53.4 Å². The van der Waals surface area contributed by atoms with Gasteiger partial charge in [0.25, 0.3) is 0 Å². The first kappa shape index (κ1) is 60.6. The number of anilines is 1. The zero-order chi connectivity index (χ0) is 54.5. The molecule has 73 heavy (non-hydrogen) atoms. The minimum absolute atomic E-state index is 0.166. The van der Waals surface area contributed by atoms with Crippen LogP contribution in [0.1, 0.15) is 125 Å². The lowest BCUT2D eigenvalue weighted by Gasteiger charge is -2.51. The first-order chi connectivity index (χ1) is 34.1. The van der Waals surface area contributed by atoms with E-state index in [0.717, 1.165) is 0 Å². The molecular weight excluding hydrogens is 948 g/mol. The standard InChI is InChI=1S/C53H89FN6O13/c1-16-42-53(11,67)46(63)33(6)59(13)27-29(2)24-51(9,66)48(31(4)43(32(5)49(65)72-42)41-25-52(10,69-15)47(64)34(7)71-41)73-50-44(62)39(23-30(3)70-50)58(12)22-21-38-28-60(57-56-38)40(26-54)45(68-14)36-17-19-37(20-18-36)55-35(8)61/h17-20,28-34,39-48,50,62-64,66-67H,16,21-27H2,1-15H3,(H,55,61)/t29-,30-,31+,32-,33-,34+,39+,40-,41?,42-,43+,44-,45-,46-,47+,48-,50+,51-,52-,53-/m1/s1. The first-order valence-electron chi connectivity index (χ1n) is 26.1. The van der Waals surface area contributed by atoms with Gasteiger partial charge >= 0.3 is 5.97 Å². The molecule has 1 unspecified atom stereocenters. The summed E-state index contributed by atoms with van der Waals surface area (Å²) >= 11 is 0. The summed E-state index contributed by atoms with van der Waals surface area (Å²) in [6, 6.07) is 5.09. The van der Waals surface area contributed by atoms with Crippen molar-refractivity contribution < 1.29 is 67.9 Å². The highest BCUT2D eigenvalue weighted by atomic mass is 19.1. The van der Waals surface area contributed by atoms with Crippen molar-refractivity contribution in [1.82, 2.24) is 24.8 Å². The Morgan fingerprint density at radius 3 is 2.26 bits per heavy atom. The van der Waals surface area contributed by atoms with Crippen LogP contribution in [0.15, 0.2) is 30.5 Å². The van der Waals surface area contributed by atoms with Crippen LogP contribution >= 0.6 is 0 Å². The molecule has 3 fully saturated rings. The van der Waals surface area contributed by atoms with Crippen LogP contribution in [-0.4, -0.2) is 194 Å². The third-order valence-corrected chi connectivity index (χ3v) is 16.4. The number of hydrogen-bond acceptors (Lipinski definition) is 17. The highest BCUT2D eigenvalue weighted by molar-refractivity contribution is 5.88. The van der Waals surface area contributed by atoms with E-state index in [1.807, 2.05) is 44.7 Å². The number of amides is 1. The molecule has 20 heteroatoms. The molecule has 3 aliphatic rings. The van der Waals surface area contributed by atoms with Gasteiger partial charge in [0, 0.05) is 77.0 Å². The number of carbonyl (C=O) groups is 2. The van der Waals surface area contributed by atoms with Crippen molar-refractivity contribution in [3.63, 3.8) is 0 Å². The molecule has 0 saturated carbocycles. The van der Waals surface area contributed by atoms with E-state index in [9.17, 15) is 39.5 Å². The number of halogens is 1. The molecule has 4 heterocycles. The average Bonchev–Trinajstić information content (AvgIpc) is 3.80. The molecule has 19 nitrogen and oxygen atoms in total. The molecular formula is C53H89FN6O13. The Labute approximate surface area is 432 Å². The number of alkyl halides is 1. The number of esters is 1. The SMILES string of the molecule is CC[C@H]1OC(=O)[C@H](C)[C@@H](C2C[C@@](C)(OC)[C@@H](O)[C@H](C)O2)[C@H](C)[C@@H](O[C@@H]2O[C@H](C)C[C@H](N(C)CCc3cn([C@H](CF)[C@H](OC)c4ccc(NC(C)=O)cc4)nn3)[C@H]2O)[C@](C)(O)C[C@@H](C)CN(C)[C@H](C)[C@@H](O)[C@]1(C)O. The van der Waals surface area contributed by atoms with E-state index in [1.165, 1.54) is 32.7 Å². The van der Waals surface area contributed by atoms with Crippen LogP contribution in [0.2, 0.25) is 0 Å². The number of ether oxygens (including phenoxy) is 6. The topological polar surface area (TPSA) is 240 Å². The number of rotatable bonds is 15. The molecule has 0 radical (unpaired) electrons. The third-order valence-electron chi connectivity index (χ3n) is 16.4. The molecule has 0 bridgehead atoms. The number of nitrogens with zero attached hydrogens (tertiary/aromatic N) is 5. The molecule has 3 saturated heterocycles. The monoisotopic (exact) mass is 1040 g/mol. The fourth-order valence-corrected chi connectivity index (χ4v) is 12.0. The van der Waals surface area contributed by atoms with Gasteiger partial charge in [-0.2, -0.15) is 0 Å². The Balaban J connectivity index is 1.45. The number of nitrogens with one attached hydrogen (secondary N) is 1. The van der Waals surface area contributed by atoms with E-state index in [4.69, 9.17) is 28.4 Å². The van der Waals surface area contributed by atoms with Crippen molar-refractivity contribution in [2.45, 2.75) is 204 Å². The highest BCUT2D eigenvalue weighted by Gasteiger charge is 2.55. The van der Waals surface area contributed by atoms with Crippen molar-refractivity contribution in [1.29, 1.82) is 0 Å². The molecule has 1 amide bonds. The van der Waals surface area contributed by atoms with Crippen LogP contribution in [0, 0.1) is 23.7 Å². The number of cyclic esters (lactones) is 1. The Morgan fingerprint density at radius 2 is 1.67 bits per heavy atom. The molecule has 0 spiro atoms. The van der Waals surface area contributed by atoms with Gasteiger partial charge in [-0.05, 0) is 104 Å². The van der Waals surface area contributed by atoms with E-state index in [2.05, 4.69) is 15.6 Å². The predicted octanol–water partition coefficient (Wildman–Crippen LogP) is 4.24. The second-order valence-corrected chi connectivity index (χ2v) is 22.4. The van der Waals surface area contributed by atoms with Gasteiger partial charge in [-0.3, -0.25) is 9.59 Å². The Bertz CT molecular complexity index is 2070. The van der Waals surface area contributed by atoms with E-state index in [1.54, 1.807) is 72.0 Å². The number of methoxy groups -OCH3 is 2. The largest absolute Gasteiger partial charge is 0.459 e. The highest BCUT2D eigenvalue weighted by Crippen LogP contribution is 2.45. The summed E-state index contributed by atoms with van der Waals surface area (Å²) in [6.07, 6.45) is -6.44. The number of aliphatic hydroxyl groups excluding tert-OH is 3. The van der Waals surface area contributed by atoms with Crippen LogP contribution < -0.4 is 5.32 Å². The van der Waals surface area contributed by atoms with Gasteiger partial charge in [0.15, 0.2) is 6.29 Å². The maximum absolute atomic E-state index is 14.8. The van der Waals surface area contributed by atoms with Gasteiger partial charge in [-0.1, -0.05) is 45.0 Å². The number of likely N-dealkylation sites (N-methyl/N-ethyl adjacent to an activating group) is 2. The molecule has 20 atom stereocenters. The normalized spacial score (nSPS) is 39.5. The Morgan fingerprint density at radius 1 is 1.01 bits per heavy atom. The molecule has 3 aliphatic heterocycles. The summed E-state index contributed by atoms with van der Waals surface area (Å²) in [5.41, 5.74) is -2.65. The molecule has 1 aromatic heterocycles. The van der Waals surface area contributed by atoms with Crippen molar-refractivity contribution in [3.05, 3.63) is 41.7 Å². The van der Waals surface area contributed by atoms with E-state index in [0.29, 0.717) is 42.9 Å². The minimum atomic E-state index is -1.83. The van der Waals surface area contributed by atoms with Crippen molar-refractivity contribution >= 4 is 17.6 Å². The van der Waals surface area contributed by atoms with Crippen LogP contribution in [0.25, 0.3) is 0 Å². The van der Waals surface area contributed by atoms with Crippen LogP contribution in [0.4, 0.5) is 10.1 Å². The smallest absolute Gasteiger partial charge is 0.309 e. The number of hydrogen-bond donors (Lipinski definition) is 6. The maximum Gasteiger partial charge on any atom is 0.309 e. The van der Waals surface area contributed by atoms with E-state index in [-0.39, 0.29) is 31.1 Å². The lowest BCUT2D eigenvalue weighted by atomic mass is 9.68. The Hall–Kier alpha value is -3.25. The van der Waals surface area contributed by atoms with Gasteiger partial charge in [-0.15, -0.1) is 5.10 Å². The van der Waals surface area contributed by atoms with Crippen molar-refractivity contribution in [2.24, 2.45) is 23.7 Å². The van der Waals surface area contributed by atoms with Crippen LogP contribution in [0.5, 0.6) is 0 Å². The van der Waals surface area contributed by atoms with Gasteiger partial charge in [0.2, 0.25) is 5.91 Å².